The molecule has 0 spiro atoms. The molecule has 1 atom stereocenters. The average molecular weight is 179 g/mol. The van der Waals surface area contributed by atoms with Crippen LogP contribution in [0.4, 0.5) is 0 Å². The van der Waals surface area contributed by atoms with Gasteiger partial charge >= 0.3 is 0 Å². The van der Waals surface area contributed by atoms with Gasteiger partial charge in [0.2, 0.25) is 0 Å². The van der Waals surface area contributed by atoms with Crippen molar-refractivity contribution in [1.29, 1.82) is 5.26 Å². The second kappa shape index (κ2) is 4.58. The number of nitrogens with two attached hydrogens (primary N) is 1. The summed E-state index contributed by atoms with van der Waals surface area (Å²) in [6.45, 7) is 2.57. The van der Waals surface area contributed by atoms with Gasteiger partial charge in [0.05, 0.1) is 12.1 Å². The molecule has 1 unspecified atom stereocenters. The van der Waals surface area contributed by atoms with Crippen LogP contribution in [-0.2, 0) is 6.54 Å². The van der Waals surface area contributed by atoms with Gasteiger partial charge in [0.25, 0.3) is 0 Å². The minimum Gasteiger partial charge on any atom is -0.321 e. The van der Waals surface area contributed by atoms with Crippen molar-refractivity contribution in [3.8, 4) is 6.07 Å². The Kier molecular flexibility index (Phi) is 3.41. The zero-order valence-corrected chi connectivity index (χ0v) is 7.64. The molecule has 0 amide bonds. The standard InChI is InChI=1S/C8H13N5/c1-7(10)8-11-6-13(12-8)5-3-2-4-9/h6-7H,2-3,5,10H2,1H3. The molecule has 0 aliphatic carbocycles. The third-order valence-electron chi connectivity index (χ3n) is 1.64. The van der Waals surface area contributed by atoms with Crippen molar-refractivity contribution < 1.29 is 0 Å². The SMILES string of the molecule is CC(N)c1ncn(CCCC#N)n1. The second-order valence-electron chi connectivity index (χ2n) is 2.92. The van der Waals surface area contributed by atoms with Crippen LogP contribution in [0.15, 0.2) is 6.33 Å². The summed E-state index contributed by atoms with van der Waals surface area (Å²) in [7, 11) is 0. The Morgan fingerprint density at radius 1 is 1.77 bits per heavy atom. The summed E-state index contributed by atoms with van der Waals surface area (Å²) >= 11 is 0. The maximum Gasteiger partial charge on any atom is 0.166 e. The molecule has 0 radical (unpaired) electrons. The van der Waals surface area contributed by atoms with E-state index in [0.717, 1.165) is 13.0 Å². The van der Waals surface area contributed by atoms with Gasteiger partial charge in [-0.15, -0.1) is 0 Å². The molecule has 2 N–H and O–H groups in total. The van der Waals surface area contributed by atoms with E-state index in [1.54, 1.807) is 11.0 Å². The lowest BCUT2D eigenvalue weighted by Gasteiger charge is -1.97. The summed E-state index contributed by atoms with van der Waals surface area (Å²) in [5, 5.41) is 12.5. The highest BCUT2D eigenvalue weighted by molar-refractivity contribution is 4.87. The van der Waals surface area contributed by atoms with Crippen molar-refractivity contribution >= 4 is 0 Å². The summed E-state index contributed by atoms with van der Waals surface area (Å²) in [4.78, 5) is 4.04. The minimum atomic E-state index is -0.128. The molecule has 0 fully saturated rings. The summed E-state index contributed by atoms with van der Waals surface area (Å²) in [5.41, 5.74) is 5.59. The van der Waals surface area contributed by atoms with E-state index in [2.05, 4.69) is 16.2 Å². The molecular formula is C8H13N5. The lowest BCUT2D eigenvalue weighted by Crippen LogP contribution is -2.08. The number of hydrogen-bond donors (Lipinski definition) is 1. The first-order chi connectivity index (χ1) is 6.24. The molecule has 0 bridgehead atoms. The van der Waals surface area contributed by atoms with Crippen molar-refractivity contribution in [3.05, 3.63) is 12.2 Å². The molecule has 0 aliphatic rings. The molecular weight excluding hydrogens is 166 g/mol. The maximum atomic E-state index is 8.32. The first kappa shape index (κ1) is 9.68. The zero-order chi connectivity index (χ0) is 9.68. The third kappa shape index (κ3) is 2.84. The summed E-state index contributed by atoms with van der Waals surface area (Å²) < 4.78 is 1.72. The summed E-state index contributed by atoms with van der Waals surface area (Å²) in [5.74, 6) is 0.650. The van der Waals surface area contributed by atoms with Gasteiger partial charge in [0.1, 0.15) is 6.33 Å². The molecule has 5 nitrogen and oxygen atoms in total. The van der Waals surface area contributed by atoms with Gasteiger partial charge in [0, 0.05) is 13.0 Å². The lowest BCUT2D eigenvalue weighted by molar-refractivity contribution is 0.571. The third-order valence-corrected chi connectivity index (χ3v) is 1.64. The quantitative estimate of drug-likeness (QED) is 0.686. The Hall–Kier alpha value is -1.41. The maximum absolute atomic E-state index is 8.32. The Morgan fingerprint density at radius 3 is 3.08 bits per heavy atom. The Labute approximate surface area is 77.2 Å². The molecule has 0 aliphatic heterocycles. The largest absolute Gasteiger partial charge is 0.321 e. The van der Waals surface area contributed by atoms with E-state index in [1.165, 1.54) is 0 Å². The van der Waals surface area contributed by atoms with Gasteiger partial charge in [-0.1, -0.05) is 0 Å². The van der Waals surface area contributed by atoms with E-state index < -0.39 is 0 Å². The van der Waals surface area contributed by atoms with E-state index in [1.807, 2.05) is 6.92 Å². The first-order valence-electron chi connectivity index (χ1n) is 4.26. The molecule has 1 aromatic rings. The smallest absolute Gasteiger partial charge is 0.166 e. The minimum absolute atomic E-state index is 0.128. The van der Waals surface area contributed by atoms with Gasteiger partial charge < -0.3 is 5.73 Å². The van der Waals surface area contributed by atoms with E-state index >= 15 is 0 Å². The molecule has 1 rings (SSSR count). The molecule has 0 aromatic carbocycles. The van der Waals surface area contributed by atoms with Crippen LogP contribution < -0.4 is 5.73 Å². The van der Waals surface area contributed by atoms with Gasteiger partial charge in [-0.25, -0.2) is 4.98 Å². The number of nitriles is 1. The fourth-order valence-corrected chi connectivity index (χ4v) is 0.946. The summed E-state index contributed by atoms with van der Waals surface area (Å²) in [6, 6.07) is 1.95. The van der Waals surface area contributed by atoms with Crippen LogP contribution in [0.25, 0.3) is 0 Å². The number of unbranched alkanes of at least 4 members (excludes halogenated alkanes) is 1. The fraction of sp³-hybridized carbons (Fsp3) is 0.625. The van der Waals surface area contributed by atoms with Crippen LogP contribution >= 0.6 is 0 Å². The normalized spacial score (nSPS) is 12.4. The number of hydrogen-bond acceptors (Lipinski definition) is 4. The van der Waals surface area contributed by atoms with Crippen LogP contribution in [0.5, 0.6) is 0 Å². The number of nitrogens with zero attached hydrogens (tertiary/aromatic N) is 4. The summed E-state index contributed by atoms with van der Waals surface area (Å²) in [6.07, 6.45) is 3.00. The molecule has 0 saturated carbocycles. The monoisotopic (exact) mass is 179 g/mol. The van der Waals surface area contributed by atoms with Gasteiger partial charge in [-0.3, -0.25) is 4.68 Å². The fourth-order valence-electron chi connectivity index (χ4n) is 0.946. The molecule has 1 heterocycles. The van der Waals surface area contributed by atoms with Crippen LogP contribution in [0.1, 0.15) is 31.6 Å². The van der Waals surface area contributed by atoms with Gasteiger partial charge in [-0.2, -0.15) is 10.4 Å². The van der Waals surface area contributed by atoms with Crippen molar-refractivity contribution in [2.24, 2.45) is 5.73 Å². The highest BCUT2D eigenvalue weighted by Crippen LogP contribution is 2.01. The zero-order valence-electron chi connectivity index (χ0n) is 7.64. The van der Waals surface area contributed by atoms with Crippen molar-refractivity contribution in [1.82, 2.24) is 14.8 Å². The predicted molar refractivity (Wildman–Crippen MR) is 47.5 cm³/mol. The number of aryl methyl sites for hydroxylation is 1. The van der Waals surface area contributed by atoms with Gasteiger partial charge in [0.15, 0.2) is 5.82 Å². The Morgan fingerprint density at radius 2 is 2.54 bits per heavy atom. The van der Waals surface area contributed by atoms with Crippen LogP contribution in [0.3, 0.4) is 0 Å². The van der Waals surface area contributed by atoms with Crippen molar-refractivity contribution in [2.75, 3.05) is 0 Å². The predicted octanol–water partition coefficient (Wildman–Crippen LogP) is 0.602. The Balaban J connectivity index is 2.45. The average Bonchev–Trinajstić information content (AvgIpc) is 2.53. The van der Waals surface area contributed by atoms with E-state index in [-0.39, 0.29) is 6.04 Å². The Bertz CT molecular complexity index is 296. The van der Waals surface area contributed by atoms with Crippen LogP contribution in [-0.4, -0.2) is 14.8 Å². The molecule has 1 aromatic heterocycles. The van der Waals surface area contributed by atoms with Crippen LogP contribution in [0.2, 0.25) is 0 Å². The van der Waals surface area contributed by atoms with E-state index in [4.69, 9.17) is 11.0 Å². The first-order valence-corrected chi connectivity index (χ1v) is 4.26. The van der Waals surface area contributed by atoms with Crippen molar-refractivity contribution in [2.45, 2.75) is 32.4 Å². The van der Waals surface area contributed by atoms with E-state index in [9.17, 15) is 0 Å². The van der Waals surface area contributed by atoms with Gasteiger partial charge in [-0.05, 0) is 13.3 Å². The van der Waals surface area contributed by atoms with E-state index in [0.29, 0.717) is 12.2 Å². The highest BCUT2D eigenvalue weighted by Gasteiger charge is 2.04. The molecule has 70 valence electrons. The highest BCUT2D eigenvalue weighted by atomic mass is 15.3. The number of aromatic nitrogens is 3. The van der Waals surface area contributed by atoms with Crippen molar-refractivity contribution in [3.63, 3.8) is 0 Å². The lowest BCUT2D eigenvalue weighted by atomic mass is 10.3. The topological polar surface area (TPSA) is 80.5 Å². The molecule has 5 heteroatoms. The number of rotatable bonds is 4. The van der Waals surface area contributed by atoms with Crippen LogP contribution in [0, 0.1) is 11.3 Å². The second-order valence-corrected chi connectivity index (χ2v) is 2.92. The molecule has 13 heavy (non-hydrogen) atoms. The molecule has 0 saturated heterocycles.